The van der Waals surface area contributed by atoms with E-state index < -0.39 is 17.8 Å². The van der Waals surface area contributed by atoms with Crippen LogP contribution in [0.15, 0.2) is 48.7 Å². The number of nitrogens with one attached hydrogen (secondary N) is 4. The van der Waals surface area contributed by atoms with E-state index in [1.54, 1.807) is 24.0 Å². The van der Waals surface area contributed by atoms with Crippen LogP contribution in [0.3, 0.4) is 0 Å². The Kier molecular flexibility index (Phi) is 8.38. The predicted octanol–water partition coefficient (Wildman–Crippen LogP) is 4.21. The minimum absolute atomic E-state index is 0.0423. The van der Waals surface area contributed by atoms with Gasteiger partial charge in [-0.25, -0.2) is 14.8 Å². The molecule has 4 aromatic rings. The zero-order valence-electron chi connectivity index (χ0n) is 24.6. The number of rotatable bonds is 7. The van der Waals surface area contributed by atoms with Crippen molar-refractivity contribution in [3.05, 3.63) is 59.8 Å². The molecule has 4 heterocycles. The van der Waals surface area contributed by atoms with Crippen LogP contribution in [0.5, 0.6) is 0 Å². The molecule has 2 aliphatic rings. The molecule has 6 rings (SSSR count). The van der Waals surface area contributed by atoms with Crippen molar-refractivity contribution in [2.75, 3.05) is 62.3 Å². The van der Waals surface area contributed by atoms with Crippen LogP contribution in [-0.2, 0) is 19.8 Å². The van der Waals surface area contributed by atoms with Crippen LogP contribution >= 0.6 is 0 Å². The first kappa shape index (κ1) is 29.8. The third-order valence-electron chi connectivity index (χ3n) is 8.05. The lowest BCUT2D eigenvalue weighted by atomic mass is 10.0. The van der Waals surface area contributed by atoms with Crippen molar-refractivity contribution in [1.29, 1.82) is 0 Å². The van der Waals surface area contributed by atoms with E-state index in [0.717, 1.165) is 60.8 Å². The number of amides is 2. The van der Waals surface area contributed by atoms with Crippen LogP contribution in [0.25, 0.3) is 22.2 Å². The summed E-state index contributed by atoms with van der Waals surface area (Å²) < 4.78 is 43.5. The number of aryl methyl sites for hydroxylation is 1. The van der Waals surface area contributed by atoms with Gasteiger partial charge in [0.05, 0.1) is 16.8 Å². The second-order valence-corrected chi connectivity index (χ2v) is 11.4. The molecular weight excluding hydrogens is 573 g/mol. The van der Waals surface area contributed by atoms with E-state index in [0.29, 0.717) is 25.1 Å². The van der Waals surface area contributed by atoms with Gasteiger partial charge in [-0.3, -0.25) is 14.9 Å². The van der Waals surface area contributed by atoms with Crippen molar-refractivity contribution in [1.82, 2.24) is 34.9 Å². The van der Waals surface area contributed by atoms with Crippen LogP contribution in [0, 0.1) is 0 Å². The number of fused-ring (bicyclic) bond motifs is 1. The van der Waals surface area contributed by atoms with E-state index in [9.17, 15) is 18.0 Å². The SMILES string of the molecule is CN1CCN(Cc2ccc(NC(=O)Nc3cc(-c4ccc5nc(N[C@@H]6CCNC6)ncc5c4)n(C)n3)cc2C(F)(F)F)CC1. The number of nitrogens with zero attached hydrogens (tertiary/aromatic N) is 6. The lowest BCUT2D eigenvalue weighted by Gasteiger charge is -2.33. The fraction of sp³-hybridized carbons (Fsp3) is 0.400. The standard InChI is InChI=1S/C30H35F3N10O/c1-41-9-11-43(12-10-41)18-20-3-5-22(14-24(20)30(31,32)33)37-29(44)39-27-15-26(42(2)40-27)19-4-6-25-21(13-19)16-35-28(38-25)36-23-7-8-34-17-23/h3-6,13-16,23,34H,7-12,17-18H2,1-2H3,(H,35,36,38)(H2,37,39,40,44)/t23-/m1/s1. The number of piperazine rings is 1. The van der Waals surface area contributed by atoms with Crippen molar-refractivity contribution in [3.8, 4) is 11.3 Å². The van der Waals surface area contributed by atoms with E-state index in [4.69, 9.17) is 0 Å². The molecule has 0 radical (unpaired) electrons. The van der Waals surface area contributed by atoms with Gasteiger partial charge in [-0.1, -0.05) is 12.1 Å². The third-order valence-corrected chi connectivity index (χ3v) is 8.05. The minimum atomic E-state index is -4.55. The van der Waals surface area contributed by atoms with E-state index in [1.165, 1.54) is 12.1 Å². The molecule has 0 aliphatic carbocycles. The Morgan fingerprint density at radius 1 is 1.05 bits per heavy atom. The summed E-state index contributed by atoms with van der Waals surface area (Å²) in [4.78, 5) is 26.0. The third kappa shape index (κ3) is 6.93. The Labute approximate surface area is 252 Å². The first-order valence-electron chi connectivity index (χ1n) is 14.6. The Morgan fingerprint density at radius 3 is 2.61 bits per heavy atom. The van der Waals surface area contributed by atoms with E-state index in [2.05, 4.69) is 41.2 Å². The van der Waals surface area contributed by atoms with E-state index in [1.807, 2.05) is 30.1 Å². The maximum absolute atomic E-state index is 14.0. The van der Waals surface area contributed by atoms with Gasteiger partial charge >= 0.3 is 12.2 Å². The highest BCUT2D eigenvalue weighted by molar-refractivity contribution is 5.99. The number of carbonyl (C=O) groups is 1. The zero-order chi connectivity index (χ0) is 30.8. The Bertz CT molecular complexity index is 1640. The van der Waals surface area contributed by atoms with Gasteiger partial charge < -0.3 is 20.9 Å². The molecule has 0 bridgehead atoms. The largest absolute Gasteiger partial charge is 0.416 e. The number of urea groups is 1. The molecule has 0 spiro atoms. The number of aromatic nitrogens is 4. The van der Waals surface area contributed by atoms with Gasteiger partial charge in [0, 0.05) is 81.3 Å². The quantitative estimate of drug-likeness (QED) is 0.247. The second kappa shape index (κ2) is 12.4. The molecule has 11 nitrogen and oxygen atoms in total. The number of alkyl halides is 3. The normalized spacial score (nSPS) is 18.1. The highest BCUT2D eigenvalue weighted by atomic mass is 19.4. The molecule has 2 saturated heterocycles. The van der Waals surface area contributed by atoms with Crippen LogP contribution in [0.2, 0.25) is 0 Å². The molecule has 4 N–H and O–H groups in total. The molecule has 2 aliphatic heterocycles. The molecule has 14 heteroatoms. The van der Waals surface area contributed by atoms with Gasteiger partial charge in [-0.2, -0.15) is 18.3 Å². The summed E-state index contributed by atoms with van der Waals surface area (Å²) in [6.07, 6.45) is -1.76. The Morgan fingerprint density at radius 2 is 1.86 bits per heavy atom. The first-order chi connectivity index (χ1) is 21.1. The monoisotopic (exact) mass is 608 g/mol. The molecule has 2 aromatic carbocycles. The van der Waals surface area contributed by atoms with Crippen molar-refractivity contribution in [2.24, 2.45) is 7.05 Å². The number of anilines is 3. The van der Waals surface area contributed by atoms with E-state index >= 15 is 0 Å². The second-order valence-electron chi connectivity index (χ2n) is 11.4. The Hall–Kier alpha value is -4.27. The molecule has 232 valence electrons. The number of halogens is 3. The van der Waals surface area contributed by atoms with Crippen molar-refractivity contribution < 1.29 is 18.0 Å². The van der Waals surface area contributed by atoms with Crippen molar-refractivity contribution in [3.63, 3.8) is 0 Å². The molecule has 0 unspecified atom stereocenters. The van der Waals surface area contributed by atoms with Gasteiger partial charge in [-0.05, 0) is 49.8 Å². The number of carbonyl (C=O) groups excluding carboxylic acids is 1. The van der Waals surface area contributed by atoms with E-state index in [-0.39, 0.29) is 23.6 Å². The average molecular weight is 609 g/mol. The van der Waals surface area contributed by atoms with Crippen LogP contribution in [0.4, 0.5) is 35.4 Å². The maximum atomic E-state index is 14.0. The summed E-state index contributed by atoms with van der Waals surface area (Å²) in [7, 11) is 3.74. The molecule has 44 heavy (non-hydrogen) atoms. The fourth-order valence-corrected chi connectivity index (χ4v) is 5.60. The number of hydrogen-bond donors (Lipinski definition) is 4. The highest BCUT2D eigenvalue weighted by Crippen LogP contribution is 2.35. The summed E-state index contributed by atoms with van der Waals surface area (Å²) in [5.74, 6) is 0.841. The van der Waals surface area contributed by atoms with Gasteiger partial charge in [0.25, 0.3) is 0 Å². The smallest absolute Gasteiger partial charge is 0.350 e. The fourth-order valence-electron chi connectivity index (χ4n) is 5.60. The summed E-state index contributed by atoms with van der Waals surface area (Å²) in [5, 5.41) is 17.0. The Balaban J connectivity index is 1.12. The molecule has 2 aromatic heterocycles. The summed E-state index contributed by atoms with van der Waals surface area (Å²) in [6, 6.07) is 11.0. The average Bonchev–Trinajstić information content (AvgIpc) is 3.63. The number of benzene rings is 2. The first-order valence-corrected chi connectivity index (χ1v) is 14.6. The molecule has 2 fully saturated rings. The maximum Gasteiger partial charge on any atom is 0.416 e. The summed E-state index contributed by atoms with van der Waals surface area (Å²) in [5.41, 5.74) is 1.84. The topological polar surface area (TPSA) is 115 Å². The van der Waals surface area contributed by atoms with Crippen molar-refractivity contribution in [2.45, 2.75) is 25.2 Å². The zero-order valence-corrected chi connectivity index (χ0v) is 24.6. The highest BCUT2D eigenvalue weighted by Gasteiger charge is 2.34. The summed E-state index contributed by atoms with van der Waals surface area (Å²) in [6.45, 7) is 5.07. The minimum Gasteiger partial charge on any atom is -0.350 e. The number of hydrogen-bond acceptors (Lipinski definition) is 8. The molecule has 0 saturated carbocycles. The van der Waals surface area contributed by atoms with Crippen LogP contribution < -0.4 is 21.3 Å². The molecular formula is C30H35F3N10O. The van der Waals surface area contributed by atoms with Crippen LogP contribution in [-0.4, -0.2) is 87.9 Å². The van der Waals surface area contributed by atoms with Gasteiger partial charge in [0.1, 0.15) is 0 Å². The lowest BCUT2D eigenvalue weighted by Crippen LogP contribution is -2.44. The summed E-state index contributed by atoms with van der Waals surface area (Å²) >= 11 is 0. The lowest BCUT2D eigenvalue weighted by molar-refractivity contribution is -0.138. The van der Waals surface area contributed by atoms with Gasteiger partial charge in [0.15, 0.2) is 5.82 Å². The number of likely N-dealkylation sites (N-methyl/N-ethyl adjacent to an activating group) is 1. The van der Waals surface area contributed by atoms with Crippen molar-refractivity contribution >= 4 is 34.4 Å². The molecule has 1 atom stereocenters. The predicted molar refractivity (Wildman–Crippen MR) is 163 cm³/mol. The van der Waals surface area contributed by atoms with Gasteiger partial charge in [-0.15, -0.1) is 0 Å². The molecule has 2 amide bonds. The van der Waals surface area contributed by atoms with Gasteiger partial charge in [0.2, 0.25) is 5.95 Å². The van der Waals surface area contributed by atoms with Crippen LogP contribution in [0.1, 0.15) is 17.5 Å².